The second-order valence-corrected chi connectivity index (χ2v) is 22.9. The van der Waals surface area contributed by atoms with Gasteiger partial charge in [-0.1, -0.05) is 199 Å². The van der Waals surface area contributed by atoms with E-state index in [9.17, 15) is 61.0 Å². The van der Waals surface area contributed by atoms with Crippen molar-refractivity contribution >= 4 is 5.91 Å². The van der Waals surface area contributed by atoms with Crippen molar-refractivity contribution in [1.29, 1.82) is 0 Å². The molecule has 0 aliphatic carbocycles. The van der Waals surface area contributed by atoms with E-state index in [0.717, 1.165) is 64.2 Å². The van der Waals surface area contributed by atoms with Gasteiger partial charge < -0.3 is 89.9 Å². The largest absolute Gasteiger partial charge is 0.394 e. The summed E-state index contributed by atoms with van der Waals surface area (Å²) in [7, 11) is 0. The molecule has 12 N–H and O–H groups in total. The van der Waals surface area contributed by atoms with Gasteiger partial charge in [0.2, 0.25) is 5.91 Å². The number of nitrogens with one attached hydrogen (secondary N) is 1. The van der Waals surface area contributed by atoms with Gasteiger partial charge in [0.1, 0.15) is 73.2 Å². The van der Waals surface area contributed by atoms with E-state index in [2.05, 4.69) is 43.5 Å². The van der Waals surface area contributed by atoms with E-state index in [1.165, 1.54) is 128 Å². The van der Waals surface area contributed by atoms with Crippen molar-refractivity contribution < 1.29 is 89.4 Å². The Morgan fingerprint density at radius 1 is 0.450 bits per heavy atom. The summed E-state index contributed by atoms with van der Waals surface area (Å²) in [5, 5.41) is 120. The Morgan fingerprint density at radius 2 is 0.825 bits per heavy atom. The molecule has 0 bridgehead atoms. The molecule has 3 aliphatic heterocycles. The first-order chi connectivity index (χ1) is 38.8. The summed E-state index contributed by atoms with van der Waals surface area (Å²) in [6.07, 6.45) is 20.5. The number of carbonyl (C=O) groups excluding carboxylic acids is 1. The van der Waals surface area contributed by atoms with Crippen molar-refractivity contribution in [3.8, 4) is 0 Å². The third kappa shape index (κ3) is 28.0. The SMILES string of the molecule is CCCCCCC/C=C\C/C=C\CCCCCCCCCCCCCCCCCCCC(=O)NC(COC1OC(CO)C(OC2OC(CO)C(OC3OC(CO)C(O)C(O)C3O)C(O)C2O)C(O)C1O)C(O)CCCCCCCC. The number of carbonyl (C=O) groups is 1. The normalized spacial score (nSPS) is 30.1. The fourth-order valence-corrected chi connectivity index (χ4v) is 10.8. The van der Waals surface area contributed by atoms with Gasteiger partial charge in [-0.25, -0.2) is 0 Å². The van der Waals surface area contributed by atoms with Gasteiger partial charge in [0.25, 0.3) is 0 Å². The van der Waals surface area contributed by atoms with Crippen LogP contribution in [0.2, 0.25) is 0 Å². The second-order valence-electron chi connectivity index (χ2n) is 22.9. The maximum absolute atomic E-state index is 13.3. The van der Waals surface area contributed by atoms with Crippen LogP contribution in [0.25, 0.3) is 0 Å². The molecule has 3 saturated heterocycles. The van der Waals surface area contributed by atoms with E-state index in [-0.39, 0.29) is 18.9 Å². The number of hydrogen-bond acceptors (Lipinski definition) is 18. The third-order valence-electron chi connectivity index (χ3n) is 16.0. The van der Waals surface area contributed by atoms with Crippen LogP contribution in [0, 0.1) is 0 Å². The van der Waals surface area contributed by atoms with Crippen molar-refractivity contribution in [2.45, 2.75) is 330 Å². The van der Waals surface area contributed by atoms with Crippen molar-refractivity contribution in [3.63, 3.8) is 0 Å². The van der Waals surface area contributed by atoms with Crippen LogP contribution in [-0.2, 0) is 33.2 Å². The molecule has 470 valence electrons. The highest BCUT2D eigenvalue weighted by Crippen LogP contribution is 2.33. The molecule has 19 heteroatoms. The van der Waals surface area contributed by atoms with Gasteiger partial charge in [-0.15, -0.1) is 0 Å². The zero-order chi connectivity index (χ0) is 58.3. The fourth-order valence-electron chi connectivity index (χ4n) is 10.8. The molecule has 17 atom stereocenters. The molecule has 80 heavy (non-hydrogen) atoms. The predicted octanol–water partition coefficient (Wildman–Crippen LogP) is 6.32. The summed E-state index contributed by atoms with van der Waals surface area (Å²) in [5.74, 6) is -0.247. The van der Waals surface area contributed by atoms with Gasteiger partial charge in [-0.2, -0.15) is 0 Å². The minimum Gasteiger partial charge on any atom is -0.394 e. The molecule has 0 spiro atoms. The molecule has 0 saturated carbocycles. The van der Waals surface area contributed by atoms with Crippen molar-refractivity contribution in [2.75, 3.05) is 26.4 Å². The first kappa shape index (κ1) is 72.5. The lowest BCUT2D eigenvalue weighted by Crippen LogP contribution is -2.66. The molecule has 3 fully saturated rings. The Kier molecular flexibility index (Phi) is 40.5. The Hall–Kier alpha value is -1.73. The third-order valence-corrected chi connectivity index (χ3v) is 16.0. The number of unbranched alkanes of at least 4 members (excludes halogenated alkanes) is 27. The summed E-state index contributed by atoms with van der Waals surface area (Å²) in [6, 6.07) is -0.881. The molecule has 19 nitrogen and oxygen atoms in total. The van der Waals surface area contributed by atoms with Crippen molar-refractivity contribution in [1.82, 2.24) is 5.32 Å². The molecule has 17 unspecified atom stereocenters. The second kappa shape index (κ2) is 44.7. The van der Waals surface area contributed by atoms with E-state index < -0.39 is 124 Å². The minimum absolute atomic E-state index is 0.247. The van der Waals surface area contributed by atoms with Crippen LogP contribution in [-0.4, -0.2) is 193 Å². The van der Waals surface area contributed by atoms with Crippen LogP contribution in [0.15, 0.2) is 24.3 Å². The Balaban J connectivity index is 1.33. The van der Waals surface area contributed by atoms with Crippen LogP contribution in [0.4, 0.5) is 0 Å². The fraction of sp³-hybridized carbons (Fsp3) is 0.918. The molecular formula is C61H113NO18. The number of rotatable bonds is 47. The molecule has 3 rings (SSSR count). The maximum Gasteiger partial charge on any atom is 0.220 e. The Labute approximate surface area is 479 Å². The molecule has 3 aliphatic rings. The lowest BCUT2D eigenvalue weighted by atomic mass is 9.96. The smallest absolute Gasteiger partial charge is 0.220 e. The van der Waals surface area contributed by atoms with Crippen LogP contribution >= 0.6 is 0 Å². The van der Waals surface area contributed by atoms with Crippen molar-refractivity contribution in [3.05, 3.63) is 24.3 Å². The van der Waals surface area contributed by atoms with E-state index in [4.69, 9.17) is 28.4 Å². The summed E-state index contributed by atoms with van der Waals surface area (Å²) in [5.41, 5.74) is 0. The van der Waals surface area contributed by atoms with Gasteiger partial charge in [0, 0.05) is 6.42 Å². The first-order valence-electron chi connectivity index (χ1n) is 31.6. The molecular weight excluding hydrogens is 1030 g/mol. The number of allylic oxidation sites excluding steroid dienone is 4. The topological polar surface area (TPSA) is 307 Å². The van der Waals surface area contributed by atoms with Crippen LogP contribution in [0.1, 0.15) is 226 Å². The number of ether oxygens (including phenoxy) is 6. The van der Waals surface area contributed by atoms with Gasteiger partial charge in [0.05, 0.1) is 38.6 Å². The number of aliphatic hydroxyl groups is 11. The zero-order valence-electron chi connectivity index (χ0n) is 49.1. The Morgan fingerprint density at radius 3 is 1.27 bits per heavy atom. The van der Waals surface area contributed by atoms with Crippen LogP contribution in [0.3, 0.4) is 0 Å². The summed E-state index contributed by atoms with van der Waals surface area (Å²) >= 11 is 0. The molecule has 0 aromatic heterocycles. The molecule has 3 heterocycles. The molecule has 1 amide bonds. The average molecular weight is 1150 g/mol. The predicted molar refractivity (Wildman–Crippen MR) is 305 cm³/mol. The number of hydrogen-bond donors (Lipinski definition) is 12. The number of aliphatic hydroxyl groups excluding tert-OH is 11. The standard InChI is InChI=1S/C61H113NO18/c1-3-5-7-9-11-12-13-14-15-16-17-18-19-20-21-22-23-24-25-26-27-28-29-30-31-32-33-35-37-39-49(67)62-44(45(66)38-36-34-10-8-6-4-2)43-75-59-55(73)52(70)57(47(41-64)77-59)80-61-56(74)53(71)58(48(42-65)78-61)79-60-54(72)51(69)50(68)46(40-63)76-60/h13-14,16-17,44-48,50-61,63-66,68-74H,3-12,15,18-43H2,1-2H3,(H,62,67)/b14-13-,17-16-. The van der Waals surface area contributed by atoms with Crippen LogP contribution < -0.4 is 5.32 Å². The maximum atomic E-state index is 13.3. The summed E-state index contributed by atoms with van der Waals surface area (Å²) < 4.78 is 34.2. The summed E-state index contributed by atoms with van der Waals surface area (Å²) in [6.45, 7) is 1.70. The highest BCUT2D eigenvalue weighted by atomic mass is 16.8. The Bertz CT molecular complexity index is 1560. The molecule has 0 radical (unpaired) electrons. The molecule has 0 aromatic rings. The monoisotopic (exact) mass is 1150 g/mol. The highest BCUT2D eigenvalue weighted by molar-refractivity contribution is 5.76. The van der Waals surface area contributed by atoms with Gasteiger partial charge >= 0.3 is 0 Å². The van der Waals surface area contributed by atoms with E-state index >= 15 is 0 Å². The quantitative estimate of drug-likeness (QED) is 0.0234. The van der Waals surface area contributed by atoms with E-state index in [1.807, 2.05) is 0 Å². The minimum atomic E-state index is -1.97. The van der Waals surface area contributed by atoms with Gasteiger partial charge in [0.15, 0.2) is 18.9 Å². The zero-order valence-corrected chi connectivity index (χ0v) is 49.1. The average Bonchev–Trinajstić information content (AvgIpc) is 3.45. The van der Waals surface area contributed by atoms with Crippen LogP contribution in [0.5, 0.6) is 0 Å². The number of amides is 1. The lowest BCUT2D eigenvalue weighted by Gasteiger charge is -2.48. The van der Waals surface area contributed by atoms with E-state index in [0.29, 0.717) is 12.8 Å². The highest BCUT2D eigenvalue weighted by Gasteiger charge is 2.53. The van der Waals surface area contributed by atoms with Gasteiger partial charge in [-0.05, 0) is 44.9 Å². The van der Waals surface area contributed by atoms with Crippen molar-refractivity contribution in [2.24, 2.45) is 0 Å². The lowest BCUT2D eigenvalue weighted by molar-refractivity contribution is -0.379. The molecule has 0 aromatic carbocycles. The van der Waals surface area contributed by atoms with Gasteiger partial charge in [-0.3, -0.25) is 4.79 Å². The first-order valence-corrected chi connectivity index (χ1v) is 31.6. The summed E-state index contributed by atoms with van der Waals surface area (Å²) in [4.78, 5) is 13.3. The van der Waals surface area contributed by atoms with E-state index in [1.54, 1.807) is 0 Å².